The third-order valence-electron chi connectivity index (χ3n) is 2.48. The van der Waals surface area contributed by atoms with Gasteiger partial charge in [0.15, 0.2) is 0 Å². The summed E-state index contributed by atoms with van der Waals surface area (Å²) >= 11 is 0. The molecule has 0 saturated carbocycles. The van der Waals surface area contributed by atoms with Gasteiger partial charge < -0.3 is 14.8 Å². The molecule has 0 saturated heterocycles. The third-order valence-corrected chi connectivity index (χ3v) is 2.48. The standard InChI is InChI=1S/C9H8O.BH2O2/c1-2-7-6-4-5-10-9(7)8(6)3-1;2-1-3/h1-3,6H,4-5H2;2-3H. The Hall–Kier alpha value is -0.995. The van der Waals surface area contributed by atoms with Gasteiger partial charge in [-0.05, 0) is 6.42 Å². The highest BCUT2D eigenvalue weighted by Gasteiger charge is 2.35. The topological polar surface area (TPSA) is 49.7 Å². The van der Waals surface area contributed by atoms with Crippen molar-refractivity contribution in [1.29, 1.82) is 0 Å². The van der Waals surface area contributed by atoms with Crippen molar-refractivity contribution in [2.24, 2.45) is 0 Å². The fraction of sp³-hybridized carbons (Fsp3) is 0.333. The highest BCUT2D eigenvalue weighted by atomic mass is 16.5. The summed E-state index contributed by atoms with van der Waals surface area (Å²) in [7, 11) is 0. The summed E-state index contributed by atoms with van der Waals surface area (Å²) in [4.78, 5) is 0. The Labute approximate surface area is 77.3 Å². The normalized spacial score (nSPS) is 16.2. The predicted octanol–water partition coefficient (Wildman–Crippen LogP) is 0.420. The maximum Gasteiger partial charge on any atom is 0.482 e. The zero-order valence-electron chi connectivity index (χ0n) is 7.10. The van der Waals surface area contributed by atoms with Crippen LogP contribution in [0.1, 0.15) is 23.5 Å². The molecule has 0 aromatic heterocycles. The van der Waals surface area contributed by atoms with E-state index in [1.165, 1.54) is 23.3 Å². The lowest BCUT2D eigenvalue weighted by Gasteiger charge is -2.37. The first-order chi connectivity index (χ1) is 6.38. The molecule has 0 atom stereocenters. The van der Waals surface area contributed by atoms with Crippen molar-refractivity contribution in [1.82, 2.24) is 0 Å². The van der Waals surface area contributed by atoms with E-state index in [0.29, 0.717) is 0 Å². The van der Waals surface area contributed by atoms with Gasteiger partial charge in [0.1, 0.15) is 5.75 Å². The summed E-state index contributed by atoms with van der Waals surface area (Å²) in [6.45, 7) is 0.925. The SMILES string of the molecule is C1=CC2=C3OCCC2C3=C1.O[B]O. The Morgan fingerprint density at radius 2 is 1.92 bits per heavy atom. The molecule has 4 heteroatoms. The second-order valence-corrected chi connectivity index (χ2v) is 3.07. The van der Waals surface area contributed by atoms with Crippen molar-refractivity contribution >= 4 is 7.69 Å². The first-order valence-electron chi connectivity index (χ1n) is 4.24. The summed E-state index contributed by atoms with van der Waals surface area (Å²) in [6.07, 6.45) is 1.19. The van der Waals surface area contributed by atoms with E-state index in [1.54, 1.807) is 0 Å². The Morgan fingerprint density at radius 3 is 2.31 bits per heavy atom. The summed E-state index contributed by atoms with van der Waals surface area (Å²) in [5.74, 6) is 1.92. The minimum Gasteiger partial charge on any atom is -0.493 e. The Bertz CT molecular complexity index is 291. The molecule has 0 fully saturated rings. The van der Waals surface area contributed by atoms with Crippen molar-refractivity contribution < 1.29 is 14.8 Å². The quantitative estimate of drug-likeness (QED) is 0.564. The van der Waals surface area contributed by atoms with E-state index in [0.717, 1.165) is 12.5 Å². The van der Waals surface area contributed by atoms with Gasteiger partial charge in [-0.2, -0.15) is 0 Å². The number of hydrogen-bond donors (Lipinski definition) is 2. The lowest BCUT2D eigenvalue weighted by atomic mass is 9.75. The molecule has 0 spiro atoms. The molecule has 67 valence electrons. The van der Waals surface area contributed by atoms with E-state index in [4.69, 9.17) is 14.8 Å². The molecule has 13 heavy (non-hydrogen) atoms. The number of para-hydroxylation sites is 1. The van der Waals surface area contributed by atoms with E-state index in [2.05, 4.69) is 18.2 Å². The summed E-state index contributed by atoms with van der Waals surface area (Å²) in [6, 6.07) is 6.46. The van der Waals surface area contributed by atoms with Crippen LogP contribution in [-0.4, -0.2) is 24.3 Å². The average molecular weight is 177 g/mol. The monoisotopic (exact) mass is 177 g/mol. The van der Waals surface area contributed by atoms with Crippen LogP contribution in [0.2, 0.25) is 0 Å². The molecule has 1 aliphatic heterocycles. The molecule has 4 rings (SSSR count). The Kier molecular flexibility index (Phi) is 2.25. The molecule has 3 aliphatic rings. The van der Waals surface area contributed by atoms with Crippen LogP contribution in [0, 0.1) is 0 Å². The first kappa shape index (κ1) is 8.60. The molecular formula is C9H10BO3. The third kappa shape index (κ3) is 1.22. The molecule has 2 N–H and O–H groups in total. The highest BCUT2D eigenvalue weighted by Crippen LogP contribution is 2.52. The average Bonchev–Trinajstić information content (AvgIpc) is 2.22. The van der Waals surface area contributed by atoms with Gasteiger partial charge in [0, 0.05) is 17.0 Å². The number of ether oxygens (including phenoxy) is 1. The van der Waals surface area contributed by atoms with Gasteiger partial charge in [-0.15, -0.1) is 0 Å². The van der Waals surface area contributed by atoms with Crippen LogP contribution < -0.4 is 4.74 Å². The van der Waals surface area contributed by atoms with Gasteiger partial charge in [0.05, 0.1) is 6.61 Å². The number of hydrogen-bond acceptors (Lipinski definition) is 3. The van der Waals surface area contributed by atoms with Gasteiger partial charge in [-0.25, -0.2) is 0 Å². The van der Waals surface area contributed by atoms with Gasteiger partial charge in [-0.3, -0.25) is 0 Å². The molecule has 0 unspecified atom stereocenters. The number of fused-ring (bicyclic) bond motifs is 2. The molecule has 0 amide bonds. The van der Waals surface area contributed by atoms with Crippen LogP contribution >= 0.6 is 0 Å². The minimum atomic E-state index is 0. The van der Waals surface area contributed by atoms with Crippen LogP contribution in [0.3, 0.4) is 0 Å². The van der Waals surface area contributed by atoms with E-state index in [-0.39, 0.29) is 7.69 Å². The lowest BCUT2D eigenvalue weighted by molar-refractivity contribution is 0.243. The molecule has 1 radical (unpaired) electrons. The molecule has 1 aromatic rings. The molecular weight excluding hydrogens is 167 g/mol. The van der Waals surface area contributed by atoms with Gasteiger partial charge in [-0.1, -0.05) is 18.2 Å². The number of benzene rings is 1. The van der Waals surface area contributed by atoms with E-state index in [9.17, 15) is 0 Å². The van der Waals surface area contributed by atoms with E-state index < -0.39 is 0 Å². The van der Waals surface area contributed by atoms with Crippen LogP contribution in [-0.2, 0) is 0 Å². The number of rotatable bonds is 0. The van der Waals surface area contributed by atoms with Gasteiger partial charge in [0.25, 0.3) is 0 Å². The van der Waals surface area contributed by atoms with Crippen molar-refractivity contribution in [3.8, 4) is 5.75 Å². The second-order valence-electron chi connectivity index (χ2n) is 3.07. The fourth-order valence-electron chi connectivity index (χ4n) is 1.97. The first-order valence-corrected chi connectivity index (χ1v) is 4.24. The fourth-order valence-corrected chi connectivity index (χ4v) is 1.97. The van der Waals surface area contributed by atoms with Crippen LogP contribution in [0.5, 0.6) is 5.75 Å². The minimum absolute atomic E-state index is 0. The predicted molar refractivity (Wildman–Crippen MR) is 48.6 cm³/mol. The van der Waals surface area contributed by atoms with Gasteiger partial charge >= 0.3 is 7.69 Å². The van der Waals surface area contributed by atoms with Crippen molar-refractivity contribution in [3.05, 3.63) is 29.3 Å². The maximum absolute atomic E-state index is 7.00. The largest absolute Gasteiger partial charge is 0.493 e. The second kappa shape index (κ2) is 3.40. The summed E-state index contributed by atoms with van der Waals surface area (Å²) in [5.41, 5.74) is 2.87. The van der Waals surface area contributed by atoms with Crippen LogP contribution in [0.4, 0.5) is 0 Å². The zero-order valence-corrected chi connectivity index (χ0v) is 7.10. The van der Waals surface area contributed by atoms with E-state index in [1.807, 2.05) is 0 Å². The maximum atomic E-state index is 7.00. The lowest BCUT2D eigenvalue weighted by Crippen LogP contribution is -2.25. The highest BCUT2D eigenvalue weighted by molar-refractivity contribution is 6.13. The van der Waals surface area contributed by atoms with Gasteiger partial charge in [0.2, 0.25) is 0 Å². The summed E-state index contributed by atoms with van der Waals surface area (Å²) in [5, 5.41) is 14.0. The smallest absolute Gasteiger partial charge is 0.482 e. The van der Waals surface area contributed by atoms with Crippen molar-refractivity contribution in [2.45, 2.75) is 12.3 Å². The van der Waals surface area contributed by atoms with Crippen LogP contribution in [0.25, 0.3) is 0 Å². The summed E-state index contributed by atoms with van der Waals surface area (Å²) < 4.78 is 5.47. The van der Waals surface area contributed by atoms with Crippen molar-refractivity contribution in [3.63, 3.8) is 0 Å². The Balaban J connectivity index is 0.000000196. The molecule has 1 heterocycles. The molecule has 3 nitrogen and oxygen atoms in total. The molecule has 4 bridgehead atoms. The Morgan fingerprint density at radius 1 is 1.31 bits per heavy atom. The van der Waals surface area contributed by atoms with Crippen LogP contribution in [0.15, 0.2) is 18.2 Å². The van der Waals surface area contributed by atoms with E-state index >= 15 is 0 Å². The zero-order chi connectivity index (χ0) is 9.26. The molecule has 1 aromatic carbocycles. The van der Waals surface area contributed by atoms with Crippen molar-refractivity contribution in [2.75, 3.05) is 6.61 Å². The molecule has 2 aliphatic carbocycles.